The van der Waals surface area contributed by atoms with Gasteiger partial charge in [-0.05, 0) is 6.42 Å². The molecule has 0 fully saturated rings. The van der Waals surface area contributed by atoms with Crippen molar-refractivity contribution in [2.75, 3.05) is 0 Å². The summed E-state index contributed by atoms with van der Waals surface area (Å²) in [6, 6.07) is 0. The molecular weight excluding hydrogens is 159 g/mol. The normalized spacial score (nSPS) is 7.45. The first-order chi connectivity index (χ1) is 5.04. The molecule has 0 bridgehead atoms. The third-order valence-electron chi connectivity index (χ3n) is 0.540. The standard InChI is InChI=1S/C4H7FO2.CH2O3/c1-2-3-4(6)7-5;2-1(3)4/h2-3H2,1H3;(H2,2,3,4). The minimum atomic E-state index is -1.83. The molecule has 0 unspecified atom stereocenters. The molecule has 6 heteroatoms. The van der Waals surface area contributed by atoms with Crippen molar-refractivity contribution in [2.45, 2.75) is 19.8 Å². The van der Waals surface area contributed by atoms with E-state index in [-0.39, 0.29) is 6.42 Å². The summed E-state index contributed by atoms with van der Waals surface area (Å²) < 4.78 is 10.7. The fraction of sp³-hybridized carbons (Fsp3) is 0.600. The highest BCUT2D eigenvalue weighted by atomic mass is 19.3. The average molecular weight is 168 g/mol. The van der Waals surface area contributed by atoms with E-state index in [4.69, 9.17) is 15.0 Å². The molecule has 11 heavy (non-hydrogen) atoms. The molecule has 0 atom stereocenters. The molecule has 0 aliphatic heterocycles. The summed E-state index contributed by atoms with van der Waals surface area (Å²) in [6.07, 6.45) is -1.04. The van der Waals surface area contributed by atoms with E-state index in [1.54, 1.807) is 6.92 Å². The first-order valence-electron chi connectivity index (χ1n) is 2.77. The van der Waals surface area contributed by atoms with Gasteiger partial charge in [-0.2, -0.15) is 0 Å². The van der Waals surface area contributed by atoms with E-state index < -0.39 is 12.1 Å². The van der Waals surface area contributed by atoms with Gasteiger partial charge in [0.2, 0.25) is 0 Å². The van der Waals surface area contributed by atoms with Crippen LogP contribution in [0.15, 0.2) is 0 Å². The van der Waals surface area contributed by atoms with Crippen LogP contribution in [0.2, 0.25) is 0 Å². The Morgan fingerprint density at radius 2 is 1.82 bits per heavy atom. The molecule has 2 N–H and O–H groups in total. The summed E-state index contributed by atoms with van der Waals surface area (Å²) in [5, 5.41) is 13.9. The van der Waals surface area contributed by atoms with Crippen molar-refractivity contribution in [1.29, 1.82) is 0 Å². The maximum Gasteiger partial charge on any atom is 0.503 e. The Morgan fingerprint density at radius 3 is 1.91 bits per heavy atom. The number of rotatable bonds is 2. The fourth-order valence-electron chi connectivity index (χ4n) is 0.243. The Labute approximate surface area is 62.3 Å². The lowest BCUT2D eigenvalue weighted by Gasteiger charge is -1.84. The molecule has 0 rings (SSSR count). The number of hydrogen-bond acceptors (Lipinski definition) is 3. The Morgan fingerprint density at radius 1 is 1.45 bits per heavy atom. The van der Waals surface area contributed by atoms with Gasteiger partial charge in [-0.3, -0.25) is 4.94 Å². The summed E-state index contributed by atoms with van der Waals surface area (Å²) in [7, 11) is 0. The van der Waals surface area contributed by atoms with Crippen molar-refractivity contribution in [1.82, 2.24) is 0 Å². The number of carbonyl (C=O) groups excluding carboxylic acids is 1. The minimum Gasteiger partial charge on any atom is -0.450 e. The van der Waals surface area contributed by atoms with E-state index in [9.17, 15) is 9.32 Å². The summed E-state index contributed by atoms with van der Waals surface area (Å²) in [5.41, 5.74) is 0. The van der Waals surface area contributed by atoms with Crippen LogP contribution in [0.1, 0.15) is 19.8 Å². The molecule has 0 aromatic carbocycles. The third-order valence-corrected chi connectivity index (χ3v) is 0.540. The molecule has 0 aliphatic carbocycles. The van der Waals surface area contributed by atoms with Gasteiger partial charge in [0, 0.05) is 10.9 Å². The van der Waals surface area contributed by atoms with E-state index in [2.05, 4.69) is 4.94 Å². The van der Waals surface area contributed by atoms with Crippen LogP contribution < -0.4 is 0 Å². The van der Waals surface area contributed by atoms with Crippen LogP contribution in [0.5, 0.6) is 0 Å². The Hall–Kier alpha value is -1.33. The van der Waals surface area contributed by atoms with Gasteiger partial charge in [0.25, 0.3) is 0 Å². The minimum absolute atomic E-state index is 0.163. The monoisotopic (exact) mass is 168 g/mol. The molecule has 0 radical (unpaired) electrons. The molecule has 0 aliphatic rings. The Kier molecular flexibility index (Phi) is 9.74. The Bertz CT molecular complexity index is 120. The zero-order valence-corrected chi connectivity index (χ0v) is 5.91. The van der Waals surface area contributed by atoms with Crippen LogP contribution in [0.4, 0.5) is 9.32 Å². The third kappa shape index (κ3) is 28.6. The van der Waals surface area contributed by atoms with Crippen LogP contribution in [0, 0.1) is 0 Å². The molecule has 0 amide bonds. The molecule has 0 spiro atoms. The molecular formula is C5H9FO5. The van der Waals surface area contributed by atoms with Crippen molar-refractivity contribution in [3.05, 3.63) is 0 Å². The number of carboxylic acid groups (broad SMARTS) is 2. The number of carbonyl (C=O) groups is 2. The van der Waals surface area contributed by atoms with E-state index >= 15 is 0 Å². The van der Waals surface area contributed by atoms with Crippen molar-refractivity contribution >= 4 is 12.1 Å². The van der Waals surface area contributed by atoms with Crippen LogP contribution >= 0.6 is 0 Å². The van der Waals surface area contributed by atoms with Gasteiger partial charge >= 0.3 is 12.1 Å². The lowest BCUT2D eigenvalue weighted by molar-refractivity contribution is -0.183. The maximum absolute atomic E-state index is 10.7. The fourth-order valence-corrected chi connectivity index (χ4v) is 0.243. The highest BCUT2D eigenvalue weighted by Crippen LogP contribution is 1.89. The van der Waals surface area contributed by atoms with Gasteiger partial charge < -0.3 is 10.2 Å². The average Bonchev–Trinajstić information content (AvgIpc) is 1.87. The van der Waals surface area contributed by atoms with E-state index in [1.165, 1.54) is 0 Å². The van der Waals surface area contributed by atoms with Crippen molar-refractivity contribution in [3.8, 4) is 0 Å². The molecule has 0 saturated heterocycles. The molecule has 66 valence electrons. The quantitative estimate of drug-likeness (QED) is 0.651. The lowest BCUT2D eigenvalue weighted by Crippen LogP contribution is -1.94. The second-order valence-electron chi connectivity index (χ2n) is 1.48. The first-order valence-corrected chi connectivity index (χ1v) is 2.77. The van der Waals surface area contributed by atoms with Gasteiger partial charge in [0.15, 0.2) is 0 Å². The van der Waals surface area contributed by atoms with E-state index in [0.717, 1.165) is 0 Å². The van der Waals surface area contributed by atoms with Gasteiger partial charge in [-0.1, -0.05) is 6.92 Å². The maximum atomic E-state index is 10.7. The SMILES string of the molecule is CCCC(=O)OF.O=C(O)O. The van der Waals surface area contributed by atoms with Gasteiger partial charge in [-0.25, -0.2) is 9.59 Å². The molecule has 0 saturated carbocycles. The zero-order chi connectivity index (χ0) is 9.28. The summed E-state index contributed by atoms with van der Waals surface area (Å²) >= 11 is 0. The van der Waals surface area contributed by atoms with Gasteiger partial charge in [0.1, 0.15) is 0 Å². The largest absolute Gasteiger partial charge is 0.503 e. The van der Waals surface area contributed by atoms with Crippen LogP contribution in [-0.2, 0) is 9.74 Å². The Balaban J connectivity index is 0. The summed E-state index contributed by atoms with van der Waals surface area (Å²) in [5.74, 6) is -0.789. The van der Waals surface area contributed by atoms with Gasteiger partial charge in [0.05, 0.1) is 0 Å². The predicted octanol–water partition coefficient (Wildman–Crippen LogP) is 1.44. The van der Waals surface area contributed by atoms with E-state index in [0.29, 0.717) is 6.42 Å². The van der Waals surface area contributed by atoms with Crippen LogP contribution in [0.25, 0.3) is 0 Å². The van der Waals surface area contributed by atoms with Crippen molar-refractivity contribution < 1.29 is 29.3 Å². The lowest BCUT2D eigenvalue weighted by atomic mass is 10.4. The van der Waals surface area contributed by atoms with Crippen LogP contribution in [-0.4, -0.2) is 22.3 Å². The smallest absolute Gasteiger partial charge is 0.450 e. The summed E-state index contributed by atoms with van der Waals surface area (Å²) in [6.45, 7) is 1.77. The topological polar surface area (TPSA) is 83.8 Å². The molecule has 5 nitrogen and oxygen atoms in total. The second-order valence-corrected chi connectivity index (χ2v) is 1.48. The van der Waals surface area contributed by atoms with Crippen LogP contribution in [0.3, 0.4) is 0 Å². The van der Waals surface area contributed by atoms with Gasteiger partial charge in [-0.15, -0.1) is 0 Å². The highest BCUT2D eigenvalue weighted by molar-refractivity contribution is 5.68. The molecule has 0 aromatic rings. The van der Waals surface area contributed by atoms with Crippen molar-refractivity contribution in [2.24, 2.45) is 0 Å². The first kappa shape index (κ1) is 12.4. The zero-order valence-electron chi connectivity index (χ0n) is 5.91. The van der Waals surface area contributed by atoms with Crippen molar-refractivity contribution in [3.63, 3.8) is 0 Å². The summed E-state index contributed by atoms with van der Waals surface area (Å²) in [4.78, 5) is 21.2. The molecule has 0 heterocycles. The predicted molar refractivity (Wildman–Crippen MR) is 32.8 cm³/mol. The number of hydrogen-bond donors (Lipinski definition) is 2. The molecule has 0 aromatic heterocycles. The highest BCUT2D eigenvalue weighted by Gasteiger charge is 1.96. The van der Waals surface area contributed by atoms with E-state index in [1.807, 2.05) is 0 Å². The number of halogens is 1. The second kappa shape index (κ2) is 8.67.